The van der Waals surface area contributed by atoms with Gasteiger partial charge in [0.05, 0.1) is 18.0 Å². The van der Waals surface area contributed by atoms with Crippen LogP contribution in [0.15, 0.2) is 66.9 Å². The van der Waals surface area contributed by atoms with Gasteiger partial charge in [-0.05, 0) is 31.3 Å². The molecule has 2 aromatic carbocycles. The third kappa shape index (κ3) is 4.43. The van der Waals surface area contributed by atoms with E-state index >= 15 is 0 Å². The molecule has 0 bridgehead atoms. The summed E-state index contributed by atoms with van der Waals surface area (Å²) in [5, 5.41) is 4.23. The fourth-order valence-electron chi connectivity index (χ4n) is 3.01. The number of para-hydroxylation sites is 1. The van der Waals surface area contributed by atoms with E-state index in [4.69, 9.17) is 0 Å². The van der Waals surface area contributed by atoms with Gasteiger partial charge < -0.3 is 10.2 Å². The molecule has 3 aromatic rings. The molecule has 1 heterocycles. The Hall–Kier alpha value is -2.72. The summed E-state index contributed by atoms with van der Waals surface area (Å²) >= 11 is 0. The summed E-state index contributed by atoms with van der Waals surface area (Å²) in [4.78, 5) is 19.2. The number of fused-ring (bicyclic) bond motifs is 1. The number of carbonyl (C=O) groups excluding carboxylic acids is 1. The Morgan fingerprint density at radius 1 is 1.04 bits per heavy atom. The van der Waals surface area contributed by atoms with Gasteiger partial charge in [-0.1, -0.05) is 54.6 Å². The highest BCUT2D eigenvalue weighted by Gasteiger charge is 2.16. The van der Waals surface area contributed by atoms with E-state index in [1.807, 2.05) is 74.8 Å². The van der Waals surface area contributed by atoms with Crippen LogP contribution in [0.4, 0.5) is 0 Å². The molecule has 3 rings (SSSR count). The number of aromatic nitrogens is 1. The van der Waals surface area contributed by atoms with Gasteiger partial charge in [0, 0.05) is 18.1 Å². The average Bonchev–Trinajstić information content (AvgIpc) is 2.62. The summed E-state index contributed by atoms with van der Waals surface area (Å²) in [5.41, 5.74) is 2.96. The normalized spacial score (nSPS) is 12.3. The minimum Gasteiger partial charge on any atom is -0.348 e. The molecule has 0 spiro atoms. The van der Waals surface area contributed by atoms with Gasteiger partial charge in [0.25, 0.3) is 0 Å². The highest BCUT2D eigenvalue weighted by Crippen LogP contribution is 2.18. The van der Waals surface area contributed by atoms with Crippen LogP contribution in [0.1, 0.15) is 17.2 Å². The zero-order valence-electron chi connectivity index (χ0n) is 14.6. The molecule has 25 heavy (non-hydrogen) atoms. The number of pyridine rings is 1. The summed E-state index contributed by atoms with van der Waals surface area (Å²) in [6, 6.07) is 19.9. The standard InChI is InChI=1S/C21H23N3O/c1-24(2)15-19(16-8-4-3-5-9-16)23-20(25)14-18-11-6-10-17-12-7-13-22-21(17)18/h3-13,19H,14-15H2,1-2H3,(H,23,25). The molecule has 0 aliphatic rings. The smallest absolute Gasteiger partial charge is 0.225 e. The third-order valence-corrected chi connectivity index (χ3v) is 4.15. The van der Waals surface area contributed by atoms with Crippen LogP contribution in [0.2, 0.25) is 0 Å². The molecule has 0 aliphatic carbocycles. The van der Waals surface area contributed by atoms with E-state index < -0.39 is 0 Å². The molecule has 1 unspecified atom stereocenters. The SMILES string of the molecule is CN(C)CC(NC(=O)Cc1cccc2cccnc12)c1ccccc1. The molecule has 0 aliphatic heterocycles. The number of likely N-dealkylation sites (N-methyl/N-ethyl adjacent to an activating group) is 1. The number of hydrogen-bond acceptors (Lipinski definition) is 3. The molecule has 1 N–H and O–H groups in total. The van der Waals surface area contributed by atoms with Gasteiger partial charge in [0.15, 0.2) is 0 Å². The van der Waals surface area contributed by atoms with E-state index in [-0.39, 0.29) is 11.9 Å². The minimum atomic E-state index is -0.0355. The average molecular weight is 333 g/mol. The quantitative estimate of drug-likeness (QED) is 0.753. The highest BCUT2D eigenvalue weighted by molar-refractivity contribution is 5.87. The molecule has 1 atom stereocenters. The predicted molar refractivity (Wildman–Crippen MR) is 101 cm³/mol. The molecule has 0 fully saturated rings. The molecular formula is C21H23N3O. The summed E-state index contributed by atoms with van der Waals surface area (Å²) in [5.74, 6) is 0.00820. The number of nitrogens with zero attached hydrogens (tertiary/aromatic N) is 2. The summed E-state index contributed by atoms with van der Waals surface area (Å²) in [6.07, 6.45) is 2.09. The fourth-order valence-corrected chi connectivity index (χ4v) is 3.01. The van der Waals surface area contributed by atoms with Gasteiger partial charge in [-0.15, -0.1) is 0 Å². The van der Waals surface area contributed by atoms with Crippen molar-refractivity contribution in [2.45, 2.75) is 12.5 Å². The Bertz CT molecular complexity index is 841. The van der Waals surface area contributed by atoms with Crippen molar-refractivity contribution in [3.8, 4) is 0 Å². The lowest BCUT2D eigenvalue weighted by molar-refractivity contribution is -0.121. The molecule has 4 heteroatoms. The van der Waals surface area contributed by atoms with E-state index in [0.717, 1.165) is 28.6 Å². The van der Waals surface area contributed by atoms with Crippen LogP contribution in [0.25, 0.3) is 10.9 Å². The molecule has 0 radical (unpaired) electrons. The molecule has 1 aromatic heterocycles. The first-order valence-corrected chi connectivity index (χ1v) is 8.45. The Kier molecular flexibility index (Phi) is 5.41. The lowest BCUT2D eigenvalue weighted by Gasteiger charge is -2.23. The Morgan fingerprint density at radius 2 is 1.80 bits per heavy atom. The van der Waals surface area contributed by atoms with Crippen molar-refractivity contribution in [3.63, 3.8) is 0 Å². The summed E-state index contributed by atoms with van der Waals surface area (Å²) < 4.78 is 0. The van der Waals surface area contributed by atoms with Crippen molar-refractivity contribution < 1.29 is 4.79 Å². The van der Waals surface area contributed by atoms with Gasteiger partial charge in [0.1, 0.15) is 0 Å². The monoisotopic (exact) mass is 333 g/mol. The largest absolute Gasteiger partial charge is 0.348 e. The maximum atomic E-state index is 12.7. The van der Waals surface area contributed by atoms with Crippen molar-refractivity contribution in [2.75, 3.05) is 20.6 Å². The Morgan fingerprint density at radius 3 is 2.56 bits per heavy atom. The zero-order valence-corrected chi connectivity index (χ0v) is 14.6. The van der Waals surface area contributed by atoms with Crippen molar-refractivity contribution >= 4 is 16.8 Å². The van der Waals surface area contributed by atoms with E-state index in [1.165, 1.54) is 0 Å². The van der Waals surface area contributed by atoms with Gasteiger partial charge in [0.2, 0.25) is 5.91 Å². The maximum absolute atomic E-state index is 12.7. The van der Waals surface area contributed by atoms with Crippen molar-refractivity contribution in [2.24, 2.45) is 0 Å². The maximum Gasteiger partial charge on any atom is 0.225 e. The number of hydrogen-bond donors (Lipinski definition) is 1. The van der Waals surface area contributed by atoms with Crippen LogP contribution in [-0.4, -0.2) is 36.4 Å². The van der Waals surface area contributed by atoms with Crippen LogP contribution in [-0.2, 0) is 11.2 Å². The second-order valence-electron chi connectivity index (χ2n) is 6.46. The molecule has 4 nitrogen and oxygen atoms in total. The topological polar surface area (TPSA) is 45.2 Å². The van der Waals surface area contributed by atoms with E-state index in [9.17, 15) is 4.79 Å². The fraction of sp³-hybridized carbons (Fsp3) is 0.238. The third-order valence-electron chi connectivity index (χ3n) is 4.15. The lowest BCUT2D eigenvalue weighted by atomic mass is 10.0. The first kappa shape index (κ1) is 17.1. The number of benzene rings is 2. The van der Waals surface area contributed by atoms with Crippen molar-refractivity contribution in [1.29, 1.82) is 0 Å². The number of rotatable bonds is 6. The zero-order chi connectivity index (χ0) is 17.6. The number of nitrogens with one attached hydrogen (secondary N) is 1. The second-order valence-corrected chi connectivity index (χ2v) is 6.46. The van der Waals surface area contributed by atoms with Crippen LogP contribution in [0.5, 0.6) is 0 Å². The molecule has 128 valence electrons. The van der Waals surface area contributed by atoms with Crippen LogP contribution in [0, 0.1) is 0 Å². The summed E-state index contributed by atoms with van der Waals surface area (Å²) in [6.45, 7) is 0.754. The van der Waals surface area contributed by atoms with Gasteiger partial charge in [-0.25, -0.2) is 0 Å². The van der Waals surface area contributed by atoms with E-state index in [0.29, 0.717) is 6.42 Å². The van der Waals surface area contributed by atoms with Crippen LogP contribution < -0.4 is 5.32 Å². The molecule has 0 saturated heterocycles. The van der Waals surface area contributed by atoms with E-state index in [2.05, 4.69) is 15.2 Å². The Labute approximate surface area is 148 Å². The first-order valence-electron chi connectivity index (χ1n) is 8.45. The van der Waals surface area contributed by atoms with Gasteiger partial charge in [-0.3, -0.25) is 9.78 Å². The second kappa shape index (κ2) is 7.90. The van der Waals surface area contributed by atoms with E-state index in [1.54, 1.807) is 6.20 Å². The molecular weight excluding hydrogens is 310 g/mol. The van der Waals surface area contributed by atoms with Crippen molar-refractivity contribution in [1.82, 2.24) is 15.2 Å². The van der Waals surface area contributed by atoms with Gasteiger partial charge in [-0.2, -0.15) is 0 Å². The van der Waals surface area contributed by atoms with Crippen molar-refractivity contribution in [3.05, 3.63) is 78.0 Å². The number of amides is 1. The summed E-state index contributed by atoms with van der Waals surface area (Å²) in [7, 11) is 4.02. The van der Waals surface area contributed by atoms with Crippen LogP contribution in [0.3, 0.4) is 0 Å². The number of carbonyl (C=O) groups is 1. The van der Waals surface area contributed by atoms with Crippen LogP contribution >= 0.6 is 0 Å². The minimum absolute atomic E-state index is 0.00820. The first-order chi connectivity index (χ1) is 12.1. The van der Waals surface area contributed by atoms with Gasteiger partial charge >= 0.3 is 0 Å². The molecule has 1 amide bonds. The lowest BCUT2D eigenvalue weighted by Crippen LogP contribution is -2.36. The molecule has 0 saturated carbocycles. The Balaban J connectivity index is 1.77. The predicted octanol–water partition coefficient (Wildman–Crippen LogP) is 3.20. The highest BCUT2D eigenvalue weighted by atomic mass is 16.1.